The number of anilines is 3. The van der Waals surface area contributed by atoms with E-state index >= 15 is 0 Å². The maximum Gasteiger partial charge on any atom is 0.433 e. The lowest BCUT2D eigenvalue weighted by atomic mass is 10.2. The van der Waals surface area contributed by atoms with Crippen molar-refractivity contribution in [3.05, 3.63) is 41.6 Å². The van der Waals surface area contributed by atoms with Crippen LogP contribution in [0.5, 0.6) is 0 Å². The summed E-state index contributed by atoms with van der Waals surface area (Å²) in [4.78, 5) is 23.4. The molecule has 1 N–H and O–H groups in total. The molecule has 0 saturated carbocycles. The Bertz CT molecular complexity index is 836. The van der Waals surface area contributed by atoms with E-state index in [1.165, 1.54) is 4.90 Å². The number of aryl methyl sites for hydroxylation is 1. The molecule has 144 valence electrons. The maximum absolute atomic E-state index is 13.1. The first-order chi connectivity index (χ1) is 12.6. The molecular weight excluding hydrogens is 359 g/mol. The van der Waals surface area contributed by atoms with E-state index < -0.39 is 17.9 Å². The second-order valence-electron chi connectivity index (χ2n) is 6.64. The van der Waals surface area contributed by atoms with Crippen molar-refractivity contribution in [3.8, 4) is 0 Å². The summed E-state index contributed by atoms with van der Waals surface area (Å²) in [6, 6.07) is 7.71. The standard InChI is InChI=1S/C18H20F3N5O/c1-11-4-6-12(7-5-11)26-9-8-13(16(26)27)22-17-23-14(18(19,20)21)10-15(24-17)25(2)3/h4-7,10,13H,8-9H2,1-3H3,(H,22,23,24). The quantitative estimate of drug-likeness (QED) is 0.885. The van der Waals surface area contributed by atoms with Crippen LogP contribution < -0.4 is 15.1 Å². The number of carbonyl (C=O) groups is 1. The van der Waals surface area contributed by atoms with Crippen LogP contribution >= 0.6 is 0 Å². The highest BCUT2D eigenvalue weighted by Gasteiger charge is 2.36. The van der Waals surface area contributed by atoms with Gasteiger partial charge < -0.3 is 15.1 Å². The largest absolute Gasteiger partial charge is 0.433 e. The number of amides is 1. The fourth-order valence-corrected chi connectivity index (χ4v) is 2.82. The number of hydrogen-bond acceptors (Lipinski definition) is 5. The molecule has 1 aliphatic rings. The minimum Gasteiger partial charge on any atom is -0.363 e. The maximum atomic E-state index is 13.1. The Morgan fingerprint density at radius 3 is 2.44 bits per heavy atom. The Hall–Kier alpha value is -2.84. The number of benzene rings is 1. The van der Waals surface area contributed by atoms with Crippen LogP contribution in [0.25, 0.3) is 0 Å². The van der Waals surface area contributed by atoms with Crippen molar-refractivity contribution in [1.82, 2.24) is 9.97 Å². The Labute approximate surface area is 155 Å². The van der Waals surface area contributed by atoms with E-state index in [1.54, 1.807) is 19.0 Å². The number of carbonyl (C=O) groups excluding carboxylic acids is 1. The first-order valence-corrected chi connectivity index (χ1v) is 8.43. The van der Waals surface area contributed by atoms with Crippen LogP contribution in [-0.4, -0.2) is 42.6 Å². The summed E-state index contributed by atoms with van der Waals surface area (Å²) in [5.74, 6) is -0.315. The van der Waals surface area contributed by atoms with Gasteiger partial charge in [0.2, 0.25) is 11.9 Å². The van der Waals surface area contributed by atoms with Crippen molar-refractivity contribution in [1.29, 1.82) is 0 Å². The molecule has 1 aromatic heterocycles. The van der Waals surface area contributed by atoms with Crippen LogP contribution in [0.1, 0.15) is 17.7 Å². The van der Waals surface area contributed by atoms with E-state index in [4.69, 9.17) is 0 Å². The van der Waals surface area contributed by atoms with Crippen LogP contribution in [0.2, 0.25) is 0 Å². The van der Waals surface area contributed by atoms with Gasteiger partial charge in [0, 0.05) is 32.4 Å². The van der Waals surface area contributed by atoms with Gasteiger partial charge in [0.25, 0.3) is 0 Å². The number of hydrogen-bond donors (Lipinski definition) is 1. The van der Waals surface area contributed by atoms with Crippen LogP contribution in [0.3, 0.4) is 0 Å². The fourth-order valence-electron chi connectivity index (χ4n) is 2.82. The third-order valence-electron chi connectivity index (χ3n) is 4.32. The zero-order valence-corrected chi connectivity index (χ0v) is 15.2. The lowest BCUT2D eigenvalue weighted by Gasteiger charge is -2.19. The molecule has 1 saturated heterocycles. The summed E-state index contributed by atoms with van der Waals surface area (Å²) in [7, 11) is 3.18. The average Bonchev–Trinajstić information content (AvgIpc) is 2.95. The third kappa shape index (κ3) is 4.12. The number of alkyl halides is 3. The molecule has 1 amide bonds. The summed E-state index contributed by atoms with van der Waals surface area (Å²) in [5, 5.41) is 2.77. The molecule has 2 heterocycles. The minimum absolute atomic E-state index is 0.112. The van der Waals surface area contributed by atoms with Gasteiger partial charge in [-0.2, -0.15) is 18.2 Å². The smallest absolute Gasteiger partial charge is 0.363 e. The normalized spacial score (nSPS) is 17.3. The zero-order valence-electron chi connectivity index (χ0n) is 15.2. The molecule has 27 heavy (non-hydrogen) atoms. The van der Waals surface area contributed by atoms with Crippen LogP contribution in [0.4, 0.5) is 30.6 Å². The van der Waals surface area contributed by atoms with Crippen LogP contribution in [0.15, 0.2) is 30.3 Å². The molecule has 1 aromatic carbocycles. The lowest BCUT2D eigenvalue weighted by molar-refractivity contribution is -0.141. The predicted molar refractivity (Wildman–Crippen MR) is 96.9 cm³/mol. The lowest BCUT2D eigenvalue weighted by Crippen LogP contribution is -2.34. The molecule has 0 bridgehead atoms. The monoisotopic (exact) mass is 379 g/mol. The molecule has 1 unspecified atom stereocenters. The Kier molecular flexibility index (Phi) is 4.95. The summed E-state index contributed by atoms with van der Waals surface area (Å²) in [6.07, 6.45) is -4.15. The Balaban J connectivity index is 1.82. The predicted octanol–water partition coefficient (Wildman–Crippen LogP) is 3.09. The van der Waals surface area contributed by atoms with Gasteiger partial charge in [-0.1, -0.05) is 17.7 Å². The molecule has 9 heteroatoms. The molecule has 1 atom stereocenters. The summed E-state index contributed by atoms with van der Waals surface area (Å²) < 4.78 is 39.3. The zero-order chi connectivity index (χ0) is 19.8. The number of halogens is 3. The molecule has 1 fully saturated rings. The van der Waals surface area contributed by atoms with Gasteiger partial charge >= 0.3 is 6.18 Å². The van der Waals surface area contributed by atoms with Gasteiger partial charge in [0.15, 0.2) is 5.69 Å². The molecular formula is C18H20F3N5O. The summed E-state index contributed by atoms with van der Waals surface area (Å²) >= 11 is 0. The first-order valence-electron chi connectivity index (χ1n) is 8.43. The fraction of sp³-hybridized carbons (Fsp3) is 0.389. The van der Waals surface area contributed by atoms with Gasteiger partial charge in [-0.25, -0.2) is 4.98 Å². The van der Waals surface area contributed by atoms with E-state index in [2.05, 4.69) is 15.3 Å². The topological polar surface area (TPSA) is 61.4 Å². The highest BCUT2D eigenvalue weighted by molar-refractivity contribution is 6.00. The van der Waals surface area contributed by atoms with Crippen molar-refractivity contribution in [2.45, 2.75) is 25.6 Å². The molecule has 0 radical (unpaired) electrons. The van der Waals surface area contributed by atoms with Gasteiger partial charge in [0.1, 0.15) is 11.9 Å². The van der Waals surface area contributed by atoms with Gasteiger partial charge in [-0.3, -0.25) is 4.79 Å². The Morgan fingerprint density at radius 1 is 1.19 bits per heavy atom. The van der Waals surface area contributed by atoms with Gasteiger partial charge in [-0.15, -0.1) is 0 Å². The molecule has 3 rings (SSSR count). The Morgan fingerprint density at radius 2 is 1.85 bits per heavy atom. The highest BCUT2D eigenvalue weighted by Crippen LogP contribution is 2.31. The number of aromatic nitrogens is 2. The molecule has 1 aliphatic heterocycles. The number of rotatable bonds is 4. The van der Waals surface area contributed by atoms with E-state index in [0.717, 1.165) is 17.3 Å². The second-order valence-corrected chi connectivity index (χ2v) is 6.64. The SMILES string of the molecule is Cc1ccc(N2CCC(Nc3nc(N(C)C)cc(C(F)(F)F)n3)C2=O)cc1. The third-order valence-corrected chi connectivity index (χ3v) is 4.32. The van der Waals surface area contributed by atoms with Crippen LogP contribution in [-0.2, 0) is 11.0 Å². The van der Waals surface area contributed by atoms with E-state index in [9.17, 15) is 18.0 Å². The molecule has 0 spiro atoms. The van der Waals surface area contributed by atoms with Crippen LogP contribution in [0, 0.1) is 6.92 Å². The average molecular weight is 379 g/mol. The van der Waals surface area contributed by atoms with E-state index in [0.29, 0.717) is 13.0 Å². The number of nitrogens with one attached hydrogen (secondary N) is 1. The molecule has 0 aliphatic carbocycles. The van der Waals surface area contributed by atoms with E-state index in [-0.39, 0.29) is 17.7 Å². The van der Waals surface area contributed by atoms with E-state index in [1.807, 2.05) is 31.2 Å². The number of nitrogens with zero attached hydrogens (tertiary/aromatic N) is 4. The van der Waals surface area contributed by atoms with Gasteiger partial charge in [0.05, 0.1) is 0 Å². The molecule has 6 nitrogen and oxygen atoms in total. The molecule has 2 aromatic rings. The summed E-state index contributed by atoms with van der Waals surface area (Å²) in [6.45, 7) is 2.42. The van der Waals surface area contributed by atoms with Crippen molar-refractivity contribution < 1.29 is 18.0 Å². The van der Waals surface area contributed by atoms with Crippen molar-refractivity contribution >= 4 is 23.4 Å². The van der Waals surface area contributed by atoms with Gasteiger partial charge in [-0.05, 0) is 25.5 Å². The first kappa shape index (κ1) is 18.9. The second kappa shape index (κ2) is 7.05. The van der Waals surface area contributed by atoms with Crippen molar-refractivity contribution in [2.24, 2.45) is 0 Å². The summed E-state index contributed by atoms with van der Waals surface area (Å²) in [5.41, 5.74) is 0.784. The minimum atomic E-state index is -4.60. The highest BCUT2D eigenvalue weighted by atomic mass is 19.4. The van der Waals surface area contributed by atoms with Crippen molar-refractivity contribution in [2.75, 3.05) is 35.8 Å². The van der Waals surface area contributed by atoms with Crippen molar-refractivity contribution in [3.63, 3.8) is 0 Å².